The van der Waals surface area contributed by atoms with E-state index in [4.69, 9.17) is 9.72 Å². The number of anilines is 1. The number of carboxylic acids is 1. The number of alkyl carbamates (subject to hydrolysis) is 1. The average molecular weight is 447 g/mol. The lowest BCUT2D eigenvalue weighted by Gasteiger charge is -2.24. The quantitative estimate of drug-likeness (QED) is 0.375. The fraction of sp³-hybridized carbons (Fsp3) is 0.708. The van der Waals surface area contributed by atoms with Crippen LogP contribution in [-0.2, 0) is 22.4 Å². The average Bonchev–Trinajstić information content (AvgIpc) is 3.63. The largest absolute Gasteiger partial charge is 0.480 e. The number of carbonyl (C=O) groups excluding carboxylic acids is 1. The van der Waals surface area contributed by atoms with Crippen LogP contribution in [0.2, 0.25) is 0 Å². The minimum atomic E-state index is -1.01. The first-order valence-electron chi connectivity index (χ1n) is 12.2. The topological polar surface area (TPSA) is 104 Å². The Morgan fingerprint density at radius 2 is 2.12 bits per heavy atom. The van der Waals surface area contributed by atoms with Crippen molar-refractivity contribution >= 4 is 17.9 Å². The number of fused-ring (bicyclic) bond motifs is 1. The van der Waals surface area contributed by atoms with Crippen LogP contribution in [0.3, 0.4) is 0 Å². The summed E-state index contributed by atoms with van der Waals surface area (Å²) in [6.07, 6.45) is 9.11. The van der Waals surface area contributed by atoms with Crippen LogP contribution in [-0.4, -0.2) is 65.4 Å². The first kappa shape index (κ1) is 24.3. The molecule has 1 atom stereocenters. The molecule has 0 spiro atoms. The van der Waals surface area contributed by atoms with Crippen LogP contribution in [0.15, 0.2) is 12.1 Å². The van der Waals surface area contributed by atoms with Gasteiger partial charge in [-0.05, 0) is 76.0 Å². The standard InChI is InChI=1S/C24H38N4O4/c1-2-3-17-32-24(31)27-21(23(29)30)13-16-28(20-11-12-20)15-5-4-8-19-10-9-18-7-6-14-25-22(18)26-19/h9-10,20-21H,2-8,11-17H2,1H3,(H,25,26)(H,27,31)(H,29,30)/t21-/m0/s1. The maximum absolute atomic E-state index is 11.8. The first-order chi connectivity index (χ1) is 15.6. The predicted octanol–water partition coefficient (Wildman–Crippen LogP) is 3.60. The number of ether oxygens (including phenoxy) is 1. The zero-order valence-electron chi connectivity index (χ0n) is 19.3. The molecule has 1 aliphatic carbocycles. The predicted molar refractivity (Wildman–Crippen MR) is 124 cm³/mol. The van der Waals surface area contributed by atoms with Gasteiger partial charge >= 0.3 is 12.1 Å². The molecule has 0 radical (unpaired) electrons. The Morgan fingerprint density at radius 1 is 1.28 bits per heavy atom. The van der Waals surface area contributed by atoms with Gasteiger partial charge < -0.3 is 25.4 Å². The third-order valence-electron chi connectivity index (χ3n) is 6.17. The molecule has 1 saturated carbocycles. The van der Waals surface area contributed by atoms with Gasteiger partial charge in [-0.15, -0.1) is 0 Å². The van der Waals surface area contributed by atoms with Crippen LogP contribution >= 0.6 is 0 Å². The number of pyridine rings is 1. The van der Waals surface area contributed by atoms with Crippen molar-refractivity contribution in [3.63, 3.8) is 0 Å². The molecule has 1 aromatic rings. The van der Waals surface area contributed by atoms with Gasteiger partial charge in [0.05, 0.1) is 6.61 Å². The minimum absolute atomic E-state index is 0.317. The van der Waals surface area contributed by atoms with Gasteiger partial charge in [-0.2, -0.15) is 0 Å². The molecular weight excluding hydrogens is 408 g/mol. The third-order valence-corrected chi connectivity index (χ3v) is 6.17. The Labute approximate surface area is 191 Å². The van der Waals surface area contributed by atoms with Crippen molar-refractivity contribution in [3.05, 3.63) is 23.4 Å². The summed E-state index contributed by atoms with van der Waals surface area (Å²) in [7, 11) is 0. The van der Waals surface area contributed by atoms with Gasteiger partial charge in [0.1, 0.15) is 11.9 Å². The number of hydrogen-bond acceptors (Lipinski definition) is 6. The molecule has 2 heterocycles. The number of nitrogens with zero attached hydrogens (tertiary/aromatic N) is 2. The summed E-state index contributed by atoms with van der Waals surface area (Å²) in [6, 6.07) is 3.98. The van der Waals surface area contributed by atoms with Crippen molar-refractivity contribution in [1.82, 2.24) is 15.2 Å². The maximum atomic E-state index is 11.8. The van der Waals surface area contributed by atoms with Gasteiger partial charge in [-0.1, -0.05) is 19.4 Å². The molecule has 3 N–H and O–H groups in total. The highest BCUT2D eigenvalue weighted by molar-refractivity contribution is 5.79. The van der Waals surface area contributed by atoms with Crippen molar-refractivity contribution < 1.29 is 19.4 Å². The van der Waals surface area contributed by atoms with E-state index in [0.29, 0.717) is 25.6 Å². The lowest BCUT2D eigenvalue weighted by atomic mass is 10.1. The summed E-state index contributed by atoms with van der Waals surface area (Å²) in [4.78, 5) is 30.6. The summed E-state index contributed by atoms with van der Waals surface area (Å²) in [5.74, 6) is 0.0362. The summed E-state index contributed by atoms with van der Waals surface area (Å²) >= 11 is 0. The lowest BCUT2D eigenvalue weighted by molar-refractivity contribution is -0.139. The van der Waals surface area contributed by atoms with E-state index in [-0.39, 0.29) is 0 Å². The highest BCUT2D eigenvalue weighted by atomic mass is 16.5. The number of aryl methyl sites for hydroxylation is 2. The number of amides is 1. The third kappa shape index (κ3) is 7.97. The van der Waals surface area contributed by atoms with E-state index in [1.807, 2.05) is 6.92 Å². The van der Waals surface area contributed by atoms with Crippen molar-refractivity contribution in [2.24, 2.45) is 0 Å². The molecule has 1 fully saturated rings. The molecule has 1 aromatic heterocycles. The van der Waals surface area contributed by atoms with E-state index in [0.717, 1.165) is 63.1 Å². The lowest BCUT2D eigenvalue weighted by Crippen LogP contribution is -2.43. The first-order valence-corrected chi connectivity index (χ1v) is 12.2. The van der Waals surface area contributed by atoms with E-state index >= 15 is 0 Å². The van der Waals surface area contributed by atoms with E-state index in [1.165, 1.54) is 24.8 Å². The van der Waals surface area contributed by atoms with Crippen molar-refractivity contribution in [2.75, 3.05) is 31.6 Å². The molecule has 1 aliphatic heterocycles. The van der Waals surface area contributed by atoms with Gasteiger partial charge in [0.15, 0.2) is 0 Å². The van der Waals surface area contributed by atoms with E-state index in [1.54, 1.807) is 0 Å². The van der Waals surface area contributed by atoms with Crippen LogP contribution < -0.4 is 10.6 Å². The van der Waals surface area contributed by atoms with Crippen molar-refractivity contribution in [2.45, 2.75) is 83.2 Å². The van der Waals surface area contributed by atoms with Crippen LogP contribution in [0, 0.1) is 0 Å². The molecule has 8 heteroatoms. The van der Waals surface area contributed by atoms with Gasteiger partial charge in [0.25, 0.3) is 0 Å². The molecular formula is C24H38N4O4. The van der Waals surface area contributed by atoms with E-state index in [9.17, 15) is 14.7 Å². The van der Waals surface area contributed by atoms with Crippen LogP contribution in [0.5, 0.6) is 0 Å². The molecule has 178 valence electrons. The second-order valence-corrected chi connectivity index (χ2v) is 8.88. The Morgan fingerprint density at radius 3 is 2.88 bits per heavy atom. The number of hydrogen-bond donors (Lipinski definition) is 3. The zero-order valence-corrected chi connectivity index (χ0v) is 19.3. The van der Waals surface area contributed by atoms with Crippen molar-refractivity contribution in [1.29, 1.82) is 0 Å². The molecule has 2 aliphatic rings. The number of carboxylic acid groups (broad SMARTS) is 1. The normalized spacial score (nSPS) is 16.2. The van der Waals surface area contributed by atoms with Crippen LogP contribution in [0.4, 0.5) is 10.6 Å². The Balaban J connectivity index is 1.39. The summed E-state index contributed by atoms with van der Waals surface area (Å²) in [6.45, 7) is 4.94. The number of aliphatic carboxylic acids is 1. The van der Waals surface area contributed by atoms with Crippen molar-refractivity contribution in [3.8, 4) is 0 Å². The second-order valence-electron chi connectivity index (χ2n) is 8.88. The molecule has 0 unspecified atom stereocenters. The zero-order chi connectivity index (χ0) is 22.8. The van der Waals surface area contributed by atoms with E-state index < -0.39 is 18.1 Å². The highest BCUT2D eigenvalue weighted by Crippen LogP contribution is 2.27. The molecule has 1 amide bonds. The molecule has 3 rings (SSSR count). The fourth-order valence-corrected chi connectivity index (χ4v) is 4.09. The number of rotatable bonds is 14. The van der Waals surface area contributed by atoms with Crippen LogP contribution in [0.25, 0.3) is 0 Å². The molecule has 0 saturated heterocycles. The Bertz CT molecular complexity index is 754. The summed E-state index contributed by atoms with van der Waals surface area (Å²) in [5, 5.41) is 15.4. The second kappa shape index (κ2) is 12.6. The van der Waals surface area contributed by atoms with Gasteiger partial charge in [0.2, 0.25) is 0 Å². The van der Waals surface area contributed by atoms with E-state index in [2.05, 4.69) is 27.7 Å². The van der Waals surface area contributed by atoms with Gasteiger partial charge in [-0.3, -0.25) is 0 Å². The number of nitrogens with one attached hydrogen (secondary N) is 2. The maximum Gasteiger partial charge on any atom is 0.407 e. The monoisotopic (exact) mass is 446 g/mol. The molecule has 0 bridgehead atoms. The summed E-state index contributed by atoms with van der Waals surface area (Å²) < 4.78 is 5.05. The van der Waals surface area contributed by atoms with Gasteiger partial charge in [0, 0.05) is 24.8 Å². The Hall–Kier alpha value is -2.35. The SMILES string of the molecule is CCCCOC(=O)N[C@@H](CCN(CCCCc1ccc2c(n1)NCCC2)C1CC1)C(=O)O. The number of aromatic nitrogens is 1. The molecule has 32 heavy (non-hydrogen) atoms. The molecule has 8 nitrogen and oxygen atoms in total. The number of carbonyl (C=O) groups is 2. The molecule has 0 aromatic carbocycles. The number of unbranched alkanes of at least 4 members (excludes halogenated alkanes) is 2. The van der Waals surface area contributed by atoms with Crippen LogP contribution in [0.1, 0.15) is 69.5 Å². The smallest absolute Gasteiger partial charge is 0.407 e. The minimum Gasteiger partial charge on any atom is -0.480 e. The Kier molecular flexibility index (Phi) is 9.59. The highest BCUT2D eigenvalue weighted by Gasteiger charge is 2.30. The fourth-order valence-electron chi connectivity index (χ4n) is 4.09. The summed E-state index contributed by atoms with van der Waals surface area (Å²) in [5.41, 5.74) is 2.45. The van der Waals surface area contributed by atoms with Gasteiger partial charge in [-0.25, -0.2) is 14.6 Å².